The number of nitrogens with one attached hydrogen (secondary N) is 1. The minimum Gasteiger partial charge on any atom is -0.337 e. The van der Waals surface area contributed by atoms with Gasteiger partial charge >= 0.3 is 6.03 Å². The number of likely N-dealkylation sites (N-methyl/N-ethyl adjacent to an activating group) is 1. The minimum absolute atomic E-state index is 0.294. The minimum atomic E-state index is -1.37. The zero-order valence-electron chi connectivity index (χ0n) is 18.6. The largest absolute Gasteiger partial charge is 0.337 e. The molecule has 1 saturated heterocycles. The van der Waals surface area contributed by atoms with E-state index in [1.807, 2.05) is 76.2 Å². The molecule has 0 radical (unpaired) electrons. The Balaban J connectivity index is 2.03. The quantitative estimate of drug-likeness (QED) is 0.551. The Morgan fingerprint density at radius 3 is 2.32 bits per heavy atom. The highest BCUT2D eigenvalue weighted by atomic mass is 16.2. The van der Waals surface area contributed by atoms with Gasteiger partial charge in [0, 0.05) is 13.1 Å². The van der Waals surface area contributed by atoms with E-state index >= 15 is 0 Å². The van der Waals surface area contributed by atoms with Gasteiger partial charge in [0.2, 0.25) is 5.91 Å². The lowest BCUT2D eigenvalue weighted by Crippen LogP contribution is -2.46. The van der Waals surface area contributed by atoms with Crippen molar-refractivity contribution in [3.05, 3.63) is 82.9 Å². The normalized spacial score (nSPS) is 18.1. The van der Waals surface area contributed by atoms with Gasteiger partial charge in [0.25, 0.3) is 5.91 Å². The summed E-state index contributed by atoms with van der Waals surface area (Å²) in [4.78, 5) is 42.2. The summed E-state index contributed by atoms with van der Waals surface area (Å²) in [6.45, 7) is 12.1. The van der Waals surface area contributed by atoms with Gasteiger partial charge in [-0.2, -0.15) is 0 Å². The van der Waals surface area contributed by atoms with E-state index in [1.54, 1.807) is 4.90 Å². The highest BCUT2D eigenvalue weighted by Crippen LogP contribution is 2.36. The van der Waals surface area contributed by atoms with E-state index in [1.165, 1.54) is 0 Å². The van der Waals surface area contributed by atoms with Crippen molar-refractivity contribution < 1.29 is 14.4 Å². The van der Waals surface area contributed by atoms with Crippen LogP contribution < -0.4 is 5.32 Å². The van der Waals surface area contributed by atoms with Crippen molar-refractivity contribution in [2.45, 2.75) is 33.2 Å². The first kappa shape index (κ1) is 22.3. The highest BCUT2D eigenvalue weighted by Gasteiger charge is 2.54. The average Bonchev–Trinajstić information content (AvgIpc) is 3.00. The van der Waals surface area contributed by atoms with E-state index in [9.17, 15) is 14.4 Å². The summed E-state index contributed by atoms with van der Waals surface area (Å²) in [5.41, 5.74) is 2.89. The molecule has 1 N–H and O–H groups in total. The maximum atomic E-state index is 13.8. The van der Waals surface area contributed by atoms with Gasteiger partial charge in [-0.15, -0.1) is 0 Å². The summed E-state index contributed by atoms with van der Waals surface area (Å²) in [5.74, 6) is -0.746. The van der Waals surface area contributed by atoms with Crippen molar-refractivity contribution in [3.63, 3.8) is 0 Å². The summed E-state index contributed by atoms with van der Waals surface area (Å²) < 4.78 is 0. The van der Waals surface area contributed by atoms with Gasteiger partial charge in [-0.1, -0.05) is 60.7 Å². The molecule has 3 rings (SSSR count). The molecule has 0 unspecified atom stereocenters. The van der Waals surface area contributed by atoms with Crippen LogP contribution in [0.2, 0.25) is 0 Å². The van der Waals surface area contributed by atoms with Gasteiger partial charge in [0.05, 0.1) is 0 Å². The van der Waals surface area contributed by atoms with Crippen LogP contribution in [0.1, 0.15) is 36.1 Å². The Morgan fingerprint density at radius 1 is 1.06 bits per heavy atom. The maximum Gasteiger partial charge on any atom is 0.326 e. The molecule has 1 aliphatic rings. The zero-order valence-corrected chi connectivity index (χ0v) is 18.6. The van der Waals surface area contributed by atoms with Gasteiger partial charge in [-0.05, 0) is 49.9 Å². The van der Waals surface area contributed by atoms with Crippen LogP contribution in [-0.2, 0) is 15.1 Å². The number of hydrogen-bond acceptors (Lipinski definition) is 3. The molecule has 4 amide bonds. The van der Waals surface area contributed by atoms with Crippen LogP contribution in [0.15, 0.2) is 60.7 Å². The van der Waals surface area contributed by atoms with Crippen molar-refractivity contribution in [3.8, 4) is 0 Å². The Morgan fingerprint density at radius 2 is 1.74 bits per heavy atom. The monoisotopic (exact) mass is 419 g/mol. The molecule has 31 heavy (non-hydrogen) atoms. The lowest BCUT2D eigenvalue weighted by Gasteiger charge is -2.29. The summed E-state index contributed by atoms with van der Waals surface area (Å²) in [6, 6.07) is 14.3. The number of carbonyl (C=O) groups is 3. The SMILES string of the molecule is C=C(C)CN(CC)C(=O)CN1C(=O)N[C@](c2ccccc2)(c2ccc(C)c(C)c2)C1=O. The number of nitrogens with zero attached hydrogens (tertiary/aromatic N) is 2. The predicted octanol–water partition coefficient (Wildman–Crippen LogP) is 3.52. The van der Waals surface area contributed by atoms with Crippen LogP contribution in [0, 0.1) is 13.8 Å². The van der Waals surface area contributed by atoms with Crippen molar-refractivity contribution in [2.24, 2.45) is 0 Å². The summed E-state index contributed by atoms with van der Waals surface area (Å²) in [7, 11) is 0. The lowest BCUT2D eigenvalue weighted by molar-refractivity contribution is -0.138. The number of carbonyl (C=O) groups excluding carboxylic acids is 3. The van der Waals surface area contributed by atoms with Crippen molar-refractivity contribution in [1.29, 1.82) is 0 Å². The molecule has 0 spiro atoms. The van der Waals surface area contributed by atoms with Crippen LogP contribution in [0.5, 0.6) is 0 Å². The molecule has 2 aromatic carbocycles. The van der Waals surface area contributed by atoms with Gasteiger partial charge in [0.1, 0.15) is 6.54 Å². The van der Waals surface area contributed by atoms with Crippen LogP contribution in [0.4, 0.5) is 4.79 Å². The summed E-state index contributed by atoms with van der Waals surface area (Å²) >= 11 is 0. The Bertz CT molecular complexity index is 1030. The first-order valence-electron chi connectivity index (χ1n) is 10.4. The molecule has 162 valence electrons. The van der Waals surface area contributed by atoms with Gasteiger partial charge in [0.15, 0.2) is 5.54 Å². The summed E-state index contributed by atoms with van der Waals surface area (Å²) in [6.07, 6.45) is 0. The van der Waals surface area contributed by atoms with Crippen LogP contribution in [-0.4, -0.2) is 47.3 Å². The molecule has 6 heteroatoms. The second-order valence-electron chi connectivity index (χ2n) is 8.10. The van der Waals surface area contributed by atoms with Crippen molar-refractivity contribution in [2.75, 3.05) is 19.6 Å². The smallest absolute Gasteiger partial charge is 0.326 e. The fourth-order valence-electron chi connectivity index (χ4n) is 3.88. The zero-order chi connectivity index (χ0) is 22.8. The van der Waals surface area contributed by atoms with E-state index in [4.69, 9.17) is 0 Å². The van der Waals surface area contributed by atoms with Crippen LogP contribution in [0.25, 0.3) is 0 Å². The topological polar surface area (TPSA) is 69.7 Å². The Labute approximate surface area is 183 Å². The number of aryl methyl sites for hydroxylation is 2. The lowest BCUT2D eigenvalue weighted by atomic mass is 9.81. The average molecular weight is 420 g/mol. The molecule has 0 aromatic heterocycles. The first-order chi connectivity index (χ1) is 14.7. The number of rotatable bonds is 7. The van der Waals surface area contributed by atoms with Crippen LogP contribution in [0.3, 0.4) is 0 Å². The van der Waals surface area contributed by atoms with Gasteiger partial charge in [-0.25, -0.2) is 4.79 Å². The molecule has 6 nitrogen and oxygen atoms in total. The number of imide groups is 1. The fraction of sp³-hybridized carbons (Fsp3) is 0.320. The second kappa shape index (κ2) is 8.76. The number of urea groups is 1. The van der Waals surface area contributed by atoms with E-state index in [-0.39, 0.29) is 12.5 Å². The molecule has 0 aliphatic carbocycles. The van der Waals surface area contributed by atoms with E-state index < -0.39 is 17.5 Å². The standard InChI is InChI=1S/C25H29N3O3/c1-6-27(15-17(2)3)22(29)16-28-23(30)25(26-24(28)31,20-10-8-7-9-11-20)21-13-12-18(4)19(5)14-21/h7-14H,2,6,15-16H2,1,3-5H3,(H,26,31)/t25-/m1/s1. The number of benzene rings is 2. The Hall–Kier alpha value is -3.41. The van der Waals surface area contributed by atoms with Crippen molar-refractivity contribution >= 4 is 17.8 Å². The van der Waals surface area contributed by atoms with E-state index in [2.05, 4.69) is 11.9 Å². The third kappa shape index (κ3) is 4.10. The first-order valence-corrected chi connectivity index (χ1v) is 10.4. The van der Waals surface area contributed by atoms with Gasteiger partial charge in [-0.3, -0.25) is 14.5 Å². The molecule has 1 atom stereocenters. The molecule has 0 bridgehead atoms. The van der Waals surface area contributed by atoms with E-state index in [0.29, 0.717) is 24.2 Å². The molecular weight excluding hydrogens is 390 g/mol. The van der Waals surface area contributed by atoms with Gasteiger partial charge < -0.3 is 10.2 Å². The Kier molecular flexibility index (Phi) is 6.29. The maximum absolute atomic E-state index is 13.8. The molecular formula is C25H29N3O3. The fourth-order valence-corrected chi connectivity index (χ4v) is 3.88. The van der Waals surface area contributed by atoms with Crippen molar-refractivity contribution in [1.82, 2.24) is 15.1 Å². The molecule has 2 aromatic rings. The molecule has 0 saturated carbocycles. The predicted molar refractivity (Wildman–Crippen MR) is 120 cm³/mol. The third-order valence-corrected chi connectivity index (χ3v) is 5.74. The number of hydrogen-bond donors (Lipinski definition) is 1. The highest BCUT2D eigenvalue weighted by molar-refractivity contribution is 6.11. The molecule has 1 fully saturated rings. The third-order valence-electron chi connectivity index (χ3n) is 5.74. The van der Waals surface area contributed by atoms with Crippen LogP contribution >= 0.6 is 0 Å². The second-order valence-corrected chi connectivity index (χ2v) is 8.10. The molecule has 1 heterocycles. The summed E-state index contributed by atoms with van der Waals surface area (Å²) in [5, 5.41) is 2.90. The van der Waals surface area contributed by atoms with E-state index in [0.717, 1.165) is 21.6 Å². The molecule has 1 aliphatic heterocycles. The number of amides is 4.